The van der Waals surface area contributed by atoms with Gasteiger partial charge in [-0.15, -0.1) is 0 Å². The molecule has 2 aromatic carbocycles. The normalized spacial score (nSPS) is 10.3. The van der Waals surface area contributed by atoms with E-state index in [0.29, 0.717) is 11.1 Å². The van der Waals surface area contributed by atoms with Gasteiger partial charge in [0.05, 0.1) is 0 Å². The molecule has 2 heteroatoms. The van der Waals surface area contributed by atoms with Crippen LogP contribution in [-0.4, -0.2) is 0 Å². The second-order valence-corrected chi connectivity index (χ2v) is 4.36. The fourth-order valence-corrected chi connectivity index (χ4v) is 1.76. The molecule has 0 aliphatic carbocycles. The molecular formula is C13H10BrF. The van der Waals surface area contributed by atoms with Crippen molar-refractivity contribution in [2.45, 2.75) is 6.92 Å². The summed E-state index contributed by atoms with van der Waals surface area (Å²) in [5.74, 6) is -0.139. The van der Waals surface area contributed by atoms with Gasteiger partial charge in [-0.25, -0.2) is 4.39 Å². The lowest BCUT2D eigenvalue weighted by Crippen LogP contribution is -1.87. The monoisotopic (exact) mass is 264 g/mol. The molecule has 0 saturated carbocycles. The predicted octanol–water partition coefficient (Wildman–Crippen LogP) is 4.56. The maximum Gasteiger partial charge on any atom is 0.133 e. The first kappa shape index (κ1) is 10.4. The van der Waals surface area contributed by atoms with Gasteiger partial charge in [0.2, 0.25) is 0 Å². The fourth-order valence-electron chi connectivity index (χ4n) is 1.50. The number of rotatable bonds is 1. The highest BCUT2D eigenvalue weighted by Gasteiger charge is 2.06. The highest BCUT2D eigenvalue weighted by molar-refractivity contribution is 9.10. The largest absolute Gasteiger partial charge is 0.206 e. The minimum absolute atomic E-state index is 0.139. The molecule has 0 saturated heterocycles. The Morgan fingerprint density at radius 2 is 1.67 bits per heavy atom. The van der Waals surface area contributed by atoms with Gasteiger partial charge in [-0.3, -0.25) is 0 Å². The number of benzene rings is 2. The van der Waals surface area contributed by atoms with Crippen molar-refractivity contribution in [3.8, 4) is 11.1 Å². The van der Waals surface area contributed by atoms with E-state index >= 15 is 0 Å². The Bertz CT molecular complexity index is 474. The van der Waals surface area contributed by atoms with Crippen LogP contribution in [0.4, 0.5) is 4.39 Å². The average molecular weight is 265 g/mol. The molecule has 0 atom stereocenters. The molecule has 2 rings (SSSR count). The maximum atomic E-state index is 13.8. The highest BCUT2D eigenvalue weighted by Crippen LogP contribution is 2.25. The third-order valence-corrected chi connectivity index (χ3v) is 2.88. The number of hydrogen-bond donors (Lipinski definition) is 0. The molecule has 0 fully saturated rings. The zero-order chi connectivity index (χ0) is 10.8. The molecule has 0 N–H and O–H groups in total. The van der Waals surface area contributed by atoms with Crippen LogP contribution in [0.5, 0.6) is 0 Å². The lowest BCUT2D eigenvalue weighted by Gasteiger charge is -2.05. The van der Waals surface area contributed by atoms with Crippen molar-refractivity contribution in [2.24, 2.45) is 0 Å². The van der Waals surface area contributed by atoms with Crippen molar-refractivity contribution in [3.05, 3.63) is 58.3 Å². The summed E-state index contributed by atoms with van der Waals surface area (Å²) in [7, 11) is 0. The van der Waals surface area contributed by atoms with E-state index in [1.54, 1.807) is 19.1 Å². The zero-order valence-electron chi connectivity index (χ0n) is 8.30. The van der Waals surface area contributed by atoms with Crippen LogP contribution in [0.2, 0.25) is 0 Å². The van der Waals surface area contributed by atoms with E-state index in [9.17, 15) is 4.39 Å². The van der Waals surface area contributed by atoms with Crippen molar-refractivity contribution in [2.75, 3.05) is 0 Å². The SMILES string of the molecule is Cc1cccc(-c2ccc(Br)cc2)c1F. The summed E-state index contributed by atoms with van der Waals surface area (Å²) < 4.78 is 14.8. The van der Waals surface area contributed by atoms with E-state index in [0.717, 1.165) is 10.0 Å². The minimum atomic E-state index is -0.139. The number of aryl methyl sites for hydroxylation is 1. The lowest BCUT2D eigenvalue weighted by molar-refractivity contribution is 0.622. The molecule has 0 aromatic heterocycles. The molecule has 2 aromatic rings. The van der Waals surface area contributed by atoms with Crippen LogP contribution in [-0.2, 0) is 0 Å². The van der Waals surface area contributed by atoms with Crippen molar-refractivity contribution in [1.82, 2.24) is 0 Å². The Hall–Kier alpha value is -1.15. The first-order valence-electron chi connectivity index (χ1n) is 4.69. The second-order valence-electron chi connectivity index (χ2n) is 3.44. The Morgan fingerprint density at radius 3 is 2.33 bits per heavy atom. The molecule has 0 heterocycles. The molecule has 0 aliphatic rings. The van der Waals surface area contributed by atoms with Crippen molar-refractivity contribution >= 4 is 15.9 Å². The standard InChI is InChI=1S/C13H10BrF/c1-9-3-2-4-12(13(9)15)10-5-7-11(14)8-6-10/h2-8H,1H3. The topological polar surface area (TPSA) is 0 Å². The quantitative estimate of drug-likeness (QED) is 0.708. The second kappa shape index (κ2) is 4.15. The van der Waals surface area contributed by atoms with Gasteiger partial charge in [0.25, 0.3) is 0 Å². The van der Waals surface area contributed by atoms with Crippen molar-refractivity contribution in [1.29, 1.82) is 0 Å². The summed E-state index contributed by atoms with van der Waals surface area (Å²) in [6.07, 6.45) is 0. The van der Waals surface area contributed by atoms with Crippen molar-refractivity contribution in [3.63, 3.8) is 0 Å². The first-order chi connectivity index (χ1) is 7.18. The Labute approximate surface area is 96.9 Å². The molecule has 0 amide bonds. The number of halogens is 2. The van der Waals surface area contributed by atoms with E-state index in [-0.39, 0.29) is 5.82 Å². The molecule has 76 valence electrons. The summed E-state index contributed by atoms with van der Waals surface area (Å²) in [5, 5.41) is 0. The smallest absolute Gasteiger partial charge is 0.133 e. The predicted molar refractivity (Wildman–Crippen MR) is 64.3 cm³/mol. The van der Waals surface area contributed by atoms with Crippen LogP contribution in [0.25, 0.3) is 11.1 Å². The Kier molecular flexibility index (Phi) is 2.87. The molecule has 0 nitrogen and oxygen atoms in total. The van der Waals surface area contributed by atoms with Gasteiger partial charge in [0, 0.05) is 10.0 Å². The van der Waals surface area contributed by atoms with Crippen LogP contribution in [0.1, 0.15) is 5.56 Å². The van der Waals surface area contributed by atoms with Crippen LogP contribution in [0, 0.1) is 12.7 Å². The molecular weight excluding hydrogens is 255 g/mol. The van der Waals surface area contributed by atoms with Gasteiger partial charge in [-0.2, -0.15) is 0 Å². The molecule has 0 unspecified atom stereocenters. The Morgan fingerprint density at radius 1 is 1.00 bits per heavy atom. The third kappa shape index (κ3) is 2.10. The van der Waals surface area contributed by atoms with E-state index < -0.39 is 0 Å². The van der Waals surface area contributed by atoms with Gasteiger partial charge in [0.15, 0.2) is 0 Å². The minimum Gasteiger partial charge on any atom is -0.206 e. The molecule has 0 bridgehead atoms. The molecule has 0 radical (unpaired) electrons. The third-order valence-electron chi connectivity index (χ3n) is 2.35. The van der Waals surface area contributed by atoms with Gasteiger partial charge >= 0.3 is 0 Å². The Balaban J connectivity index is 2.54. The molecule has 0 aliphatic heterocycles. The highest BCUT2D eigenvalue weighted by atomic mass is 79.9. The van der Waals surface area contributed by atoms with Crippen LogP contribution in [0.3, 0.4) is 0 Å². The van der Waals surface area contributed by atoms with Gasteiger partial charge in [-0.1, -0.05) is 46.3 Å². The van der Waals surface area contributed by atoms with Crippen LogP contribution >= 0.6 is 15.9 Å². The first-order valence-corrected chi connectivity index (χ1v) is 5.49. The molecule has 15 heavy (non-hydrogen) atoms. The zero-order valence-corrected chi connectivity index (χ0v) is 9.88. The van der Waals surface area contributed by atoms with Gasteiger partial charge < -0.3 is 0 Å². The average Bonchev–Trinajstić information content (AvgIpc) is 2.24. The summed E-state index contributed by atoms with van der Waals surface area (Å²) >= 11 is 3.36. The van der Waals surface area contributed by atoms with Crippen LogP contribution < -0.4 is 0 Å². The van der Waals surface area contributed by atoms with E-state index in [1.807, 2.05) is 30.3 Å². The lowest BCUT2D eigenvalue weighted by atomic mass is 10.0. The maximum absolute atomic E-state index is 13.8. The van der Waals surface area contributed by atoms with E-state index in [1.165, 1.54) is 0 Å². The fraction of sp³-hybridized carbons (Fsp3) is 0.0769. The van der Waals surface area contributed by atoms with E-state index in [4.69, 9.17) is 0 Å². The van der Waals surface area contributed by atoms with Gasteiger partial charge in [0.1, 0.15) is 5.82 Å². The summed E-state index contributed by atoms with van der Waals surface area (Å²) in [4.78, 5) is 0. The summed E-state index contributed by atoms with van der Waals surface area (Å²) in [5.41, 5.74) is 2.23. The van der Waals surface area contributed by atoms with Crippen LogP contribution in [0.15, 0.2) is 46.9 Å². The van der Waals surface area contributed by atoms with Gasteiger partial charge in [-0.05, 0) is 30.2 Å². The summed E-state index contributed by atoms with van der Waals surface area (Å²) in [6, 6.07) is 13.1. The summed E-state index contributed by atoms with van der Waals surface area (Å²) in [6.45, 7) is 1.78. The van der Waals surface area contributed by atoms with E-state index in [2.05, 4.69) is 15.9 Å². The number of hydrogen-bond acceptors (Lipinski definition) is 0. The van der Waals surface area contributed by atoms with Crippen molar-refractivity contribution < 1.29 is 4.39 Å². The molecule has 0 spiro atoms.